The number of esters is 2. The maximum Gasteiger partial charge on any atom is 0.307 e. The number of nitrogens with one attached hydrogen (secondary N) is 1. The van der Waals surface area contributed by atoms with Gasteiger partial charge < -0.3 is 33.5 Å². The quantitative estimate of drug-likeness (QED) is 0.0808. The van der Waals surface area contributed by atoms with E-state index in [0.717, 1.165) is 45.1 Å². The van der Waals surface area contributed by atoms with Crippen molar-refractivity contribution in [1.29, 1.82) is 0 Å². The lowest BCUT2D eigenvalue weighted by molar-refractivity contribution is -0.153. The van der Waals surface area contributed by atoms with Crippen LogP contribution in [0.5, 0.6) is 23.0 Å². The van der Waals surface area contributed by atoms with Crippen molar-refractivity contribution in [2.24, 2.45) is 0 Å². The maximum atomic E-state index is 13.4. The third kappa shape index (κ3) is 13.5. The zero-order valence-corrected chi connectivity index (χ0v) is 35.9. The number of hydrogen-bond donors (Lipinski definition) is 2. The number of hydrogen-bond acceptors (Lipinski definition) is 15. The molecule has 6 rings (SSSR count). The predicted molar refractivity (Wildman–Crippen MR) is 230 cm³/mol. The number of carboxylic acid groups (broad SMARTS) is 1. The van der Waals surface area contributed by atoms with Gasteiger partial charge in [0, 0.05) is 6.92 Å². The highest BCUT2D eigenvalue weighted by atomic mass is 32.2. The molecular formula is C45H44N2O14S2. The molecule has 2 heterocycles. The van der Waals surface area contributed by atoms with Crippen molar-refractivity contribution < 1.29 is 67.1 Å². The fourth-order valence-electron chi connectivity index (χ4n) is 6.44. The zero-order valence-electron chi connectivity index (χ0n) is 34.2. The van der Waals surface area contributed by atoms with Gasteiger partial charge in [-0.3, -0.25) is 38.9 Å². The summed E-state index contributed by atoms with van der Waals surface area (Å²) in [6.07, 6.45) is -1.18. The van der Waals surface area contributed by atoms with Crippen LogP contribution in [0.4, 0.5) is 9.59 Å². The van der Waals surface area contributed by atoms with Crippen molar-refractivity contribution in [2.75, 3.05) is 33.7 Å². The Bertz CT molecular complexity index is 2310. The summed E-state index contributed by atoms with van der Waals surface area (Å²) in [5, 5.41) is 9.26. The molecule has 4 amide bonds. The summed E-state index contributed by atoms with van der Waals surface area (Å²) >= 11 is 1.83. The molecule has 0 aliphatic carbocycles. The molecule has 2 aliphatic rings. The Labute approximate surface area is 370 Å². The highest BCUT2D eigenvalue weighted by Gasteiger charge is 2.40. The number of methoxy groups -OCH3 is 1. The molecule has 2 saturated heterocycles. The van der Waals surface area contributed by atoms with Gasteiger partial charge in [0.15, 0.2) is 12.8 Å². The average molecular weight is 901 g/mol. The van der Waals surface area contributed by atoms with Crippen LogP contribution >= 0.6 is 23.5 Å². The minimum Gasteiger partial charge on any atom is -0.497 e. The molecule has 2 unspecified atom stereocenters. The molecule has 2 aliphatic heterocycles. The number of carbonyl (C=O) groups excluding carboxylic acids is 6. The third-order valence-corrected chi connectivity index (χ3v) is 11.8. The number of rotatable bonds is 22. The fourth-order valence-corrected chi connectivity index (χ4v) is 8.31. The fraction of sp³-hybridized carbons (Fsp3) is 0.311. The number of nitrogens with zero attached hydrogens (tertiary/aromatic N) is 1. The molecule has 63 heavy (non-hydrogen) atoms. The van der Waals surface area contributed by atoms with E-state index in [1.54, 1.807) is 67.8 Å². The largest absolute Gasteiger partial charge is 0.497 e. The lowest BCUT2D eigenvalue weighted by atomic mass is 10.0. The number of aliphatic carboxylic acids is 1. The van der Waals surface area contributed by atoms with Crippen molar-refractivity contribution in [3.63, 3.8) is 0 Å². The molecule has 0 saturated carbocycles. The number of carbonyl (C=O) groups is 7. The monoisotopic (exact) mass is 900 g/mol. The number of carboxylic acids is 1. The number of ether oxygens (including phenoxy) is 6. The van der Waals surface area contributed by atoms with E-state index in [2.05, 4.69) is 5.32 Å². The molecule has 16 nitrogen and oxygen atoms in total. The van der Waals surface area contributed by atoms with E-state index in [9.17, 15) is 33.6 Å². The van der Waals surface area contributed by atoms with E-state index >= 15 is 0 Å². The summed E-state index contributed by atoms with van der Waals surface area (Å²) in [5.41, 5.74) is 2.93. The summed E-state index contributed by atoms with van der Waals surface area (Å²) in [6.45, 7) is 1.15. The Balaban J connectivity index is 1.03. The highest BCUT2D eigenvalue weighted by Crippen LogP contribution is 2.32. The van der Waals surface area contributed by atoms with Gasteiger partial charge in [0.25, 0.3) is 10.5 Å². The number of imide groups is 2. The Morgan fingerprint density at radius 3 is 1.95 bits per heavy atom. The second kappa shape index (κ2) is 22.0. The molecule has 0 radical (unpaired) electrons. The van der Waals surface area contributed by atoms with E-state index in [1.807, 2.05) is 36.4 Å². The summed E-state index contributed by atoms with van der Waals surface area (Å²) in [5.74, 6) is -1.42. The van der Waals surface area contributed by atoms with Crippen LogP contribution in [0.25, 0.3) is 0 Å². The Kier molecular flexibility index (Phi) is 16.1. The molecule has 2 N–H and O–H groups in total. The van der Waals surface area contributed by atoms with Crippen LogP contribution in [0.2, 0.25) is 0 Å². The zero-order chi connectivity index (χ0) is 44.9. The lowest BCUT2D eigenvalue weighted by Crippen LogP contribution is -2.35. The summed E-state index contributed by atoms with van der Waals surface area (Å²) in [7, 11) is 1.57. The van der Waals surface area contributed by atoms with Crippen LogP contribution < -0.4 is 24.3 Å². The molecule has 4 atom stereocenters. The van der Waals surface area contributed by atoms with Crippen molar-refractivity contribution in [1.82, 2.24) is 10.2 Å². The molecule has 2 fully saturated rings. The van der Waals surface area contributed by atoms with Gasteiger partial charge in [-0.25, -0.2) is 4.90 Å². The molecule has 4 aromatic carbocycles. The first kappa shape index (κ1) is 46.0. The molecule has 18 heteroatoms. The molecular weight excluding hydrogens is 857 g/mol. The minimum atomic E-state index is -1.16. The summed E-state index contributed by atoms with van der Waals surface area (Å²) < 4.78 is 34.2. The topological polar surface area (TPSA) is 210 Å². The third-order valence-electron chi connectivity index (χ3n) is 9.77. The average Bonchev–Trinajstić information content (AvgIpc) is 3.74. The summed E-state index contributed by atoms with van der Waals surface area (Å²) in [4.78, 5) is 86.2. The van der Waals surface area contributed by atoms with Crippen molar-refractivity contribution in [2.45, 2.75) is 55.1 Å². The number of amides is 4. The normalized spacial score (nSPS) is 16.8. The Morgan fingerprint density at radius 2 is 1.33 bits per heavy atom. The van der Waals surface area contributed by atoms with Gasteiger partial charge in [0.05, 0.1) is 43.0 Å². The second-order valence-electron chi connectivity index (χ2n) is 14.3. The number of thioether (sulfide) groups is 2. The van der Waals surface area contributed by atoms with Gasteiger partial charge in [-0.1, -0.05) is 72.1 Å². The molecule has 4 aromatic rings. The van der Waals surface area contributed by atoms with Crippen molar-refractivity contribution >= 4 is 63.7 Å². The van der Waals surface area contributed by atoms with Gasteiger partial charge in [0.1, 0.15) is 36.2 Å². The van der Waals surface area contributed by atoms with Gasteiger partial charge >= 0.3 is 17.9 Å². The van der Waals surface area contributed by atoms with E-state index in [-0.39, 0.29) is 62.2 Å². The first-order valence-corrected chi connectivity index (χ1v) is 21.5. The molecule has 0 spiro atoms. The van der Waals surface area contributed by atoms with Crippen LogP contribution in [-0.2, 0) is 46.3 Å². The summed E-state index contributed by atoms with van der Waals surface area (Å²) in [6, 6.07) is 27.9. The SMILES string of the molecule is COc1cccc([C@H](COC(C)=O)COc2ccc(CC3SC(=O)N(COc4cccc([C@H](COc5ccc(CC6SC(=O)NC6=O)cc5)OC(=O)CCC(=O)O)c4)C3=O)cc2)c1. The van der Waals surface area contributed by atoms with Crippen molar-refractivity contribution in [3.8, 4) is 23.0 Å². The van der Waals surface area contributed by atoms with E-state index in [1.165, 1.54) is 6.92 Å². The van der Waals surface area contributed by atoms with Crippen LogP contribution in [-0.4, -0.2) is 94.4 Å². The Morgan fingerprint density at radius 1 is 0.714 bits per heavy atom. The van der Waals surface area contributed by atoms with E-state index in [0.29, 0.717) is 29.2 Å². The first-order chi connectivity index (χ1) is 30.3. The second-order valence-corrected chi connectivity index (χ2v) is 16.7. The minimum absolute atomic E-state index is 0.121. The van der Waals surface area contributed by atoms with Gasteiger partial charge in [-0.05, 0) is 83.6 Å². The maximum absolute atomic E-state index is 13.4. The number of benzene rings is 4. The van der Waals surface area contributed by atoms with Gasteiger partial charge in [-0.2, -0.15) is 0 Å². The van der Waals surface area contributed by atoms with Gasteiger partial charge in [0.2, 0.25) is 11.8 Å². The van der Waals surface area contributed by atoms with Crippen LogP contribution in [0, 0.1) is 0 Å². The standard InChI is InChI=1S/C45H44N2O14S2/c1-27(48)57-23-32(30-5-3-7-35(21-30)56-2)24-58-33-13-11-29(12-14-33)20-39-43(53)47(45(55)63-39)26-60-36-8-4-6-31(22-36)37(61-41(51)18-17-40(49)50)25-59-34-15-9-28(10-16-34)19-38-42(52)46-44(54)62-38/h3-16,21-22,32,37-39H,17-20,23-26H2,1-2H3,(H,49,50)(H,46,52,54)/t32-,37+,38?,39?/m1/s1. The highest BCUT2D eigenvalue weighted by molar-refractivity contribution is 8.15. The molecule has 0 aromatic heterocycles. The van der Waals surface area contributed by atoms with Gasteiger partial charge in [-0.15, -0.1) is 0 Å². The lowest BCUT2D eigenvalue weighted by Gasteiger charge is -2.20. The molecule has 0 bridgehead atoms. The first-order valence-electron chi connectivity index (χ1n) is 19.7. The smallest absolute Gasteiger partial charge is 0.307 e. The van der Waals surface area contributed by atoms with E-state index in [4.69, 9.17) is 33.5 Å². The predicted octanol–water partition coefficient (Wildman–Crippen LogP) is 6.49. The van der Waals surface area contributed by atoms with Crippen LogP contribution in [0.3, 0.4) is 0 Å². The Hall–Kier alpha value is -6.53. The van der Waals surface area contributed by atoms with Crippen LogP contribution in [0.15, 0.2) is 97.1 Å². The van der Waals surface area contributed by atoms with E-state index < -0.39 is 52.1 Å². The van der Waals surface area contributed by atoms with Crippen LogP contribution in [0.1, 0.15) is 54.0 Å². The van der Waals surface area contributed by atoms with Crippen molar-refractivity contribution in [3.05, 3.63) is 119 Å². The molecule has 330 valence electrons.